The first kappa shape index (κ1) is 36.9. The van der Waals surface area contributed by atoms with Gasteiger partial charge < -0.3 is 38.4 Å². The van der Waals surface area contributed by atoms with Crippen LogP contribution in [0.2, 0.25) is 0 Å². The molecule has 256 valence electrons. The van der Waals surface area contributed by atoms with E-state index in [9.17, 15) is 9.90 Å². The van der Waals surface area contributed by atoms with Gasteiger partial charge in [0, 0.05) is 37.0 Å². The maximum atomic E-state index is 12.8. The number of fused-ring (bicyclic) bond motifs is 2. The third-order valence-electron chi connectivity index (χ3n) is 7.80. The van der Waals surface area contributed by atoms with Crippen LogP contribution in [0.1, 0.15) is 69.3 Å². The molecule has 0 radical (unpaired) electrons. The fourth-order valence-corrected chi connectivity index (χ4v) is 5.37. The standard InChI is InChI=1S/C19H26N2O3.C16H18O5.C2H6/c1-4-6-13(2)12-24-18-10-16-15(9-17(18)23-3)19(22)21-8-5-7-14(21)11-20-16;1-10-5-6-11(17)7-13(10)21-12-8-14(18-2)16(20-4)15(9-12)19-3;1-2/h9-11,13-14H,4-8,12H2,1-3H3;5-9,17H,1-4H3;1-2H3. The molecule has 5 rings (SSSR count). The topological polar surface area (TPSA) is 108 Å². The number of phenols is 1. The fraction of sp³-hybridized carbons (Fsp3) is 0.459. The Morgan fingerprint density at radius 2 is 1.60 bits per heavy atom. The van der Waals surface area contributed by atoms with Crippen LogP contribution in [0.3, 0.4) is 0 Å². The molecule has 2 atom stereocenters. The molecule has 0 bridgehead atoms. The lowest BCUT2D eigenvalue weighted by Gasteiger charge is -2.20. The highest BCUT2D eigenvalue weighted by atomic mass is 16.5. The smallest absolute Gasteiger partial charge is 0.256 e. The first-order valence-electron chi connectivity index (χ1n) is 16.2. The van der Waals surface area contributed by atoms with Crippen molar-refractivity contribution in [2.24, 2.45) is 10.9 Å². The van der Waals surface area contributed by atoms with Crippen molar-refractivity contribution in [3.63, 3.8) is 0 Å². The van der Waals surface area contributed by atoms with Gasteiger partial charge in [-0.1, -0.05) is 40.2 Å². The Morgan fingerprint density at radius 1 is 0.915 bits per heavy atom. The van der Waals surface area contributed by atoms with Crippen LogP contribution in [0.5, 0.6) is 46.0 Å². The van der Waals surface area contributed by atoms with E-state index in [4.69, 9.17) is 28.4 Å². The molecule has 47 heavy (non-hydrogen) atoms. The summed E-state index contributed by atoms with van der Waals surface area (Å²) in [5, 5.41) is 9.55. The van der Waals surface area contributed by atoms with Crippen LogP contribution >= 0.6 is 0 Å². The summed E-state index contributed by atoms with van der Waals surface area (Å²) in [5.41, 5.74) is 2.18. The lowest BCUT2D eigenvalue weighted by atomic mass is 10.1. The van der Waals surface area contributed by atoms with Crippen molar-refractivity contribution >= 4 is 17.8 Å². The van der Waals surface area contributed by atoms with Crippen LogP contribution in [0.15, 0.2) is 47.5 Å². The van der Waals surface area contributed by atoms with Gasteiger partial charge in [-0.2, -0.15) is 0 Å². The Kier molecular flexibility index (Phi) is 14.1. The summed E-state index contributed by atoms with van der Waals surface area (Å²) in [6.45, 7) is 11.7. The molecule has 1 saturated heterocycles. The number of hydrogen-bond acceptors (Lipinski definition) is 9. The zero-order valence-corrected chi connectivity index (χ0v) is 29.2. The molecule has 0 aliphatic carbocycles. The molecule has 1 amide bonds. The average molecular weight is 651 g/mol. The lowest BCUT2D eigenvalue weighted by Crippen LogP contribution is -2.35. The van der Waals surface area contributed by atoms with E-state index in [-0.39, 0.29) is 17.7 Å². The van der Waals surface area contributed by atoms with Crippen LogP contribution in [0, 0.1) is 12.8 Å². The van der Waals surface area contributed by atoms with Crippen LogP contribution < -0.4 is 28.4 Å². The van der Waals surface area contributed by atoms with Crippen molar-refractivity contribution in [3.05, 3.63) is 53.6 Å². The fourth-order valence-electron chi connectivity index (χ4n) is 5.37. The van der Waals surface area contributed by atoms with Gasteiger partial charge in [-0.05, 0) is 49.8 Å². The number of nitrogens with zero attached hydrogens (tertiary/aromatic N) is 2. The Labute approximate surface area is 279 Å². The van der Waals surface area contributed by atoms with Gasteiger partial charge in [-0.25, -0.2) is 0 Å². The largest absolute Gasteiger partial charge is 0.508 e. The number of methoxy groups -OCH3 is 4. The minimum Gasteiger partial charge on any atom is -0.508 e. The summed E-state index contributed by atoms with van der Waals surface area (Å²) in [6, 6.07) is 12.1. The van der Waals surface area contributed by atoms with Crippen molar-refractivity contribution < 1.29 is 38.3 Å². The molecule has 0 spiro atoms. The number of benzene rings is 3. The van der Waals surface area contributed by atoms with Crippen LogP contribution in [0.25, 0.3) is 0 Å². The normalized spacial score (nSPS) is 15.0. The summed E-state index contributed by atoms with van der Waals surface area (Å²) in [5.74, 6) is 4.51. The Bertz CT molecular complexity index is 1480. The molecular weight excluding hydrogens is 600 g/mol. The zero-order chi connectivity index (χ0) is 34.5. The van der Waals surface area contributed by atoms with Crippen molar-refractivity contribution in [3.8, 4) is 46.0 Å². The Morgan fingerprint density at radius 3 is 2.21 bits per heavy atom. The number of rotatable bonds is 11. The molecule has 2 heterocycles. The summed E-state index contributed by atoms with van der Waals surface area (Å²) in [6.07, 6.45) is 6.18. The van der Waals surface area contributed by atoms with E-state index >= 15 is 0 Å². The molecule has 1 N–H and O–H groups in total. The molecule has 2 aliphatic rings. The SMILES string of the molecule is CC.CCCC(C)COc1cc2c(cc1OC)C(=O)N1CCCC1C=N2.COc1cc(Oc2cc(O)ccc2C)cc(OC)c1OC. The molecular formula is C37H50N2O8. The second-order valence-electron chi connectivity index (χ2n) is 11.1. The van der Waals surface area contributed by atoms with E-state index in [2.05, 4.69) is 18.8 Å². The predicted molar refractivity (Wildman–Crippen MR) is 185 cm³/mol. The maximum Gasteiger partial charge on any atom is 0.256 e. The lowest BCUT2D eigenvalue weighted by molar-refractivity contribution is 0.0774. The van der Waals surface area contributed by atoms with E-state index in [0.29, 0.717) is 64.0 Å². The van der Waals surface area contributed by atoms with Gasteiger partial charge in [-0.15, -0.1) is 0 Å². The first-order valence-corrected chi connectivity index (χ1v) is 16.2. The highest BCUT2D eigenvalue weighted by Crippen LogP contribution is 2.42. The number of amides is 1. The highest BCUT2D eigenvalue weighted by Gasteiger charge is 2.32. The summed E-state index contributed by atoms with van der Waals surface area (Å²) in [4.78, 5) is 19.3. The van der Waals surface area contributed by atoms with E-state index in [1.807, 2.05) is 38.0 Å². The third kappa shape index (κ3) is 9.24. The van der Waals surface area contributed by atoms with Gasteiger partial charge in [0.1, 0.15) is 17.2 Å². The van der Waals surface area contributed by atoms with Gasteiger partial charge in [0.15, 0.2) is 23.0 Å². The summed E-state index contributed by atoms with van der Waals surface area (Å²) < 4.78 is 33.0. The molecule has 2 unspecified atom stereocenters. The Hall–Kier alpha value is -4.60. The van der Waals surface area contributed by atoms with Gasteiger partial charge in [0.25, 0.3) is 5.91 Å². The van der Waals surface area contributed by atoms with E-state index in [0.717, 1.165) is 37.8 Å². The van der Waals surface area contributed by atoms with Crippen LogP contribution in [0.4, 0.5) is 5.69 Å². The number of carbonyl (C=O) groups is 1. The average Bonchev–Trinajstić information content (AvgIpc) is 3.52. The van der Waals surface area contributed by atoms with Crippen molar-refractivity contribution in [2.45, 2.75) is 66.3 Å². The van der Waals surface area contributed by atoms with Crippen molar-refractivity contribution in [1.29, 1.82) is 0 Å². The third-order valence-corrected chi connectivity index (χ3v) is 7.80. The molecule has 2 aliphatic heterocycles. The number of aryl methyl sites for hydroxylation is 1. The van der Waals surface area contributed by atoms with Crippen LogP contribution in [-0.4, -0.2) is 69.8 Å². The summed E-state index contributed by atoms with van der Waals surface area (Å²) >= 11 is 0. The second-order valence-corrected chi connectivity index (χ2v) is 11.1. The monoisotopic (exact) mass is 650 g/mol. The first-order chi connectivity index (χ1) is 22.7. The molecule has 1 fully saturated rings. The van der Waals surface area contributed by atoms with E-state index in [1.165, 1.54) is 0 Å². The van der Waals surface area contributed by atoms with Gasteiger partial charge in [-0.3, -0.25) is 9.79 Å². The van der Waals surface area contributed by atoms with E-state index < -0.39 is 0 Å². The minimum absolute atomic E-state index is 0.0363. The molecule has 0 saturated carbocycles. The Balaban J connectivity index is 0.000000245. The molecule has 10 nitrogen and oxygen atoms in total. The molecule has 3 aromatic rings. The maximum absolute atomic E-state index is 12.8. The minimum atomic E-state index is 0.0363. The second kappa shape index (κ2) is 17.9. The number of aromatic hydroxyl groups is 1. The number of ether oxygens (including phenoxy) is 6. The summed E-state index contributed by atoms with van der Waals surface area (Å²) in [7, 11) is 6.23. The van der Waals surface area contributed by atoms with Gasteiger partial charge in [0.05, 0.1) is 52.3 Å². The molecule has 10 heteroatoms. The highest BCUT2D eigenvalue weighted by molar-refractivity contribution is 6.03. The predicted octanol–water partition coefficient (Wildman–Crippen LogP) is 8.38. The van der Waals surface area contributed by atoms with Crippen LogP contribution in [-0.2, 0) is 0 Å². The number of hydrogen-bond donors (Lipinski definition) is 1. The molecule has 3 aromatic carbocycles. The number of phenolic OH excluding ortho intramolecular Hbond substituents is 1. The van der Waals surface area contributed by atoms with Crippen molar-refractivity contribution in [1.82, 2.24) is 4.90 Å². The van der Waals surface area contributed by atoms with E-state index in [1.54, 1.807) is 64.8 Å². The number of aliphatic imine (C=N–C) groups is 1. The molecule has 0 aromatic heterocycles. The van der Waals surface area contributed by atoms with Gasteiger partial charge >= 0.3 is 0 Å². The zero-order valence-electron chi connectivity index (χ0n) is 29.2. The quantitative estimate of drug-likeness (QED) is 0.221. The van der Waals surface area contributed by atoms with Crippen molar-refractivity contribution in [2.75, 3.05) is 41.6 Å². The van der Waals surface area contributed by atoms with Gasteiger partial charge in [0.2, 0.25) is 5.75 Å². The number of carbonyl (C=O) groups excluding carboxylic acids is 1.